The fourth-order valence-electron chi connectivity index (χ4n) is 2.32. The van der Waals surface area contributed by atoms with Crippen LogP contribution < -0.4 is 0 Å². The van der Waals surface area contributed by atoms with E-state index in [4.69, 9.17) is 22.2 Å². The maximum Gasteiger partial charge on any atom is 2.00 e. The number of rotatable bonds is 0. The minimum atomic E-state index is -1.67. The molecule has 0 spiro atoms. The predicted molar refractivity (Wildman–Crippen MR) is 109 cm³/mol. The monoisotopic (exact) mass is 460 g/mol. The van der Waals surface area contributed by atoms with Gasteiger partial charge in [0.1, 0.15) is 0 Å². The van der Waals surface area contributed by atoms with Gasteiger partial charge in [-0.1, -0.05) is 53.4 Å². The molecule has 2 rings (SSSR count). The molecule has 2 atom stereocenters. The van der Waals surface area contributed by atoms with E-state index in [9.17, 15) is 0 Å². The zero-order valence-corrected chi connectivity index (χ0v) is 21.9. The normalized spacial score (nSPS) is 22.8. The SMILES string of the molecule is CC1=[C-]C(C)C(C)=C1C.CC1=[C-]C(C)C(C)=C1C.C[Si](C)(Cl)Cl.[Zr+2]. The van der Waals surface area contributed by atoms with Crippen LogP contribution in [-0.2, 0) is 26.2 Å². The van der Waals surface area contributed by atoms with Gasteiger partial charge in [0.2, 0.25) is 6.69 Å². The third kappa shape index (κ3) is 9.95. The molecule has 2 unspecified atom stereocenters. The van der Waals surface area contributed by atoms with E-state index in [0.717, 1.165) is 0 Å². The van der Waals surface area contributed by atoms with Crippen molar-refractivity contribution in [2.45, 2.75) is 68.5 Å². The van der Waals surface area contributed by atoms with Crippen molar-refractivity contribution in [3.05, 3.63) is 45.6 Å². The minimum Gasteiger partial charge on any atom is -0.266 e. The molecule has 0 nitrogen and oxygen atoms in total. The summed E-state index contributed by atoms with van der Waals surface area (Å²) in [5.41, 5.74) is 8.49. The number of hydrogen-bond donors (Lipinski definition) is 0. The van der Waals surface area contributed by atoms with E-state index in [1.54, 1.807) is 0 Å². The molecule has 24 heavy (non-hydrogen) atoms. The summed E-state index contributed by atoms with van der Waals surface area (Å²) in [5.74, 6) is 1.12. The van der Waals surface area contributed by atoms with Crippen LogP contribution in [0, 0.1) is 24.0 Å². The van der Waals surface area contributed by atoms with Gasteiger partial charge in [0, 0.05) is 0 Å². The summed E-state index contributed by atoms with van der Waals surface area (Å²) in [7, 11) is 0. The van der Waals surface area contributed by atoms with Crippen LogP contribution in [-0.4, -0.2) is 6.69 Å². The van der Waals surface area contributed by atoms with Crippen molar-refractivity contribution in [1.82, 2.24) is 0 Å². The first-order valence-corrected chi connectivity index (χ1v) is 13.2. The van der Waals surface area contributed by atoms with Gasteiger partial charge in [-0.2, -0.15) is 22.3 Å². The summed E-state index contributed by atoms with van der Waals surface area (Å²) in [6, 6.07) is 0. The fraction of sp³-hybridized carbons (Fsp3) is 0.600. The molecule has 0 aromatic heterocycles. The van der Waals surface area contributed by atoms with Crippen molar-refractivity contribution in [1.29, 1.82) is 0 Å². The topological polar surface area (TPSA) is 0 Å². The Kier molecular flexibility index (Phi) is 12.7. The molecule has 0 heterocycles. The van der Waals surface area contributed by atoms with E-state index >= 15 is 0 Å². The average molecular weight is 463 g/mol. The summed E-state index contributed by atoms with van der Waals surface area (Å²) >= 11 is 10.9. The molecule has 4 heteroatoms. The molecule has 0 bridgehead atoms. The first kappa shape index (κ1) is 26.9. The van der Waals surface area contributed by atoms with Crippen LogP contribution in [0.25, 0.3) is 0 Å². The second-order valence-corrected chi connectivity index (χ2v) is 15.8. The summed E-state index contributed by atoms with van der Waals surface area (Å²) in [4.78, 5) is 0. The molecule has 0 radical (unpaired) electrons. The summed E-state index contributed by atoms with van der Waals surface area (Å²) in [6.45, 7) is 19.4. The average Bonchev–Trinajstić information content (AvgIpc) is 2.74. The maximum absolute atomic E-state index is 5.43. The van der Waals surface area contributed by atoms with Crippen molar-refractivity contribution in [3.63, 3.8) is 0 Å². The summed E-state index contributed by atoms with van der Waals surface area (Å²) < 4.78 is 0. The van der Waals surface area contributed by atoms with E-state index in [-0.39, 0.29) is 26.2 Å². The van der Waals surface area contributed by atoms with Gasteiger partial charge < -0.3 is 0 Å². The van der Waals surface area contributed by atoms with E-state index < -0.39 is 6.69 Å². The molecule has 0 aromatic carbocycles. The van der Waals surface area contributed by atoms with Gasteiger partial charge in [0.25, 0.3) is 0 Å². The zero-order valence-electron chi connectivity index (χ0n) is 16.9. The standard InChI is InChI=1S/2C9H13.C2H6Cl2Si.Zr/c2*1-6-5-7(2)9(4)8(6)3;1-5(2,3)4;/h2*6H,1-4H3;1-2H3;/q2*-1;;+2. The van der Waals surface area contributed by atoms with Crippen LogP contribution in [0.15, 0.2) is 33.4 Å². The van der Waals surface area contributed by atoms with Crippen molar-refractivity contribution in [2.24, 2.45) is 11.8 Å². The summed E-state index contributed by atoms with van der Waals surface area (Å²) in [5, 5.41) is 0. The molecule has 0 N–H and O–H groups in total. The second kappa shape index (κ2) is 11.4. The molecule has 2 aliphatic carbocycles. The molecule has 134 valence electrons. The third-order valence-corrected chi connectivity index (χ3v) is 4.47. The first-order valence-electron chi connectivity index (χ1n) is 8.19. The predicted octanol–water partition coefficient (Wildman–Crippen LogP) is 7.61. The van der Waals surface area contributed by atoms with Gasteiger partial charge in [0.15, 0.2) is 0 Å². The van der Waals surface area contributed by atoms with Crippen LogP contribution in [0.5, 0.6) is 0 Å². The Bertz CT molecular complexity index is 498. The molecule has 0 aliphatic heterocycles. The smallest absolute Gasteiger partial charge is 0.266 e. The Balaban J connectivity index is 0. The number of halogens is 2. The minimum absolute atomic E-state index is 0. The van der Waals surface area contributed by atoms with Crippen LogP contribution >= 0.6 is 22.2 Å². The van der Waals surface area contributed by atoms with Crippen LogP contribution in [0.1, 0.15) is 55.4 Å². The van der Waals surface area contributed by atoms with Crippen LogP contribution in [0.4, 0.5) is 0 Å². The number of hydrogen-bond acceptors (Lipinski definition) is 0. The quantitative estimate of drug-likeness (QED) is 0.197. The van der Waals surface area contributed by atoms with Gasteiger partial charge >= 0.3 is 26.2 Å². The summed E-state index contributed by atoms with van der Waals surface area (Å²) in [6.07, 6.45) is 6.72. The number of allylic oxidation sites excluding steroid dienone is 8. The Morgan fingerprint density at radius 1 is 0.708 bits per heavy atom. The van der Waals surface area contributed by atoms with Gasteiger partial charge in [0.05, 0.1) is 0 Å². The van der Waals surface area contributed by atoms with E-state index in [2.05, 4.69) is 67.5 Å². The van der Waals surface area contributed by atoms with Crippen molar-refractivity contribution >= 4 is 28.9 Å². The van der Waals surface area contributed by atoms with E-state index in [1.807, 2.05) is 13.1 Å². The van der Waals surface area contributed by atoms with E-state index in [1.165, 1.54) is 33.4 Å². The Morgan fingerprint density at radius 2 is 0.917 bits per heavy atom. The molecular weight excluding hydrogens is 430 g/mol. The molecule has 2 aliphatic rings. The zero-order chi connectivity index (χ0) is 18.5. The Hall–Kier alpha value is 0.640. The maximum atomic E-state index is 5.43. The molecule has 0 fully saturated rings. The van der Waals surface area contributed by atoms with Crippen molar-refractivity contribution in [2.75, 3.05) is 0 Å². The van der Waals surface area contributed by atoms with Crippen molar-refractivity contribution < 1.29 is 26.2 Å². The van der Waals surface area contributed by atoms with Crippen molar-refractivity contribution in [3.8, 4) is 0 Å². The molecule has 0 aromatic rings. The van der Waals surface area contributed by atoms with Crippen LogP contribution in [0.3, 0.4) is 0 Å². The van der Waals surface area contributed by atoms with Gasteiger partial charge in [-0.05, 0) is 13.1 Å². The Labute approximate surface area is 180 Å². The van der Waals surface area contributed by atoms with Gasteiger partial charge in [-0.15, -0.1) is 36.0 Å². The van der Waals surface area contributed by atoms with E-state index in [0.29, 0.717) is 11.8 Å². The van der Waals surface area contributed by atoms with Crippen LogP contribution in [0.2, 0.25) is 13.1 Å². The first-order chi connectivity index (χ1) is 10.3. The third-order valence-electron chi connectivity index (χ3n) is 4.47. The van der Waals surface area contributed by atoms with Gasteiger partial charge in [-0.25, -0.2) is 11.1 Å². The second-order valence-electron chi connectivity index (χ2n) is 6.93. The molecule has 0 saturated heterocycles. The largest absolute Gasteiger partial charge is 2.00 e. The molecule has 0 amide bonds. The molecular formula is C20H32Cl2SiZr. The fourth-order valence-corrected chi connectivity index (χ4v) is 2.32. The Morgan fingerprint density at radius 3 is 0.958 bits per heavy atom. The van der Waals surface area contributed by atoms with Gasteiger partial charge in [-0.3, -0.25) is 12.2 Å². The molecule has 0 saturated carbocycles.